The summed E-state index contributed by atoms with van der Waals surface area (Å²) < 4.78 is 0. The second-order valence-corrected chi connectivity index (χ2v) is 24.2. The molecular formula is C90H58N6. The van der Waals surface area contributed by atoms with E-state index in [4.69, 9.17) is 19.9 Å². The van der Waals surface area contributed by atoms with Gasteiger partial charge in [-0.05, 0) is 146 Å². The molecule has 448 valence electrons. The third-order valence-corrected chi connectivity index (χ3v) is 18.5. The van der Waals surface area contributed by atoms with Crippen LogP contribution in [0.1, 0.15) is 0 Å². The zero-order valence-electron chi connectivity index (χ0n) is 52.2. The standard InChI is InChI=1S/C90H58N6/c1-3-23-77-61(13-1)15-9-27-79(77)63-33-35-66(36-34-63)85-57-93-89(95-87(85)67-41-29-59(30-42-67)75-21-11-51-91-55-75)70-47-39-65(40-48-70)81-49-50-82(84-26-6-5-25-83(81)84)73-19-7-17-71(53-73)72-18-8-20-74(54-72)86-58-94-90(96-88(86)68-43-31-60(32-44-68)76-22-12-52-92-56-76)69-45-37-64(38-46-69)80-28-10-16-62-14-2-4-24-78(62)80/h1-58H. The number of hydrogen-bond acceptors (Lipinski definition) is 6. The molecular weight excluding hydrogens is 1170 g/mol. The van der Waals surface area contributed by atoms with E-state index in [0.29, 0.717) is 11.6 Å². The average molecular weight is 1220 g/mol. The molecule has 4 aromatic heterocycles. The minimum absolute atomic E-state index is 0.656. The molecule has 96 heavy (non-hydrogen) atoms. The summed E-state index contributed by atoms with van der Waals surface area (Å²) in [7, 11) is 0. The number of pyridine rings is 2. The van der Waals surface area contributed by atoms with Crippen LogP contribution in [0.5, 0.6) is 0 Å². The summed E-state index contributed by atoms with van der Waals surface area (Å²) in [5.41, 5.74) is 25.3. The van der Waals surface area contributed by atoms with Crippen LogP contribution in [0, 0.1) is 0 Å². The number of nitrogens with zero attached hydrogens (tertiary/aromatic N) is 6. The summed E-state index contributed by atoms with van der Waals surface area (Å²) in [5.74, 6) is 1.32. The molecule has 0 aliphatic heterocycles. The fourth-order valence-electron chi connectivity index (χ4n) is 13.5. The number of rotatable bonds is 13. The predicted molar refractivity (Wildman–Crippen MR) is 396 cm³/mol. The number of hydrogen-bond donors (Lipinski definition) is 0. The molecule has 17 rings (SSSR count). The fourth-order valence-corrected chi connectivity index (χ4v) is 13.5. The molecule has 0 bridgehead atoms. The molecule has 0 saturated carbocycles. The molecule has 13 aromatic carbocycles. The van der Waals surface area contributed by atoms with E-state index in [9.17, 15) is 0 Å². The van der Waals surface area contributed by atoms with Crippen molar-refractivity contribution < 1.29 is 0 Å². The first kappa shape index (κ1) is 57.0. The Kier molecular flexibility index (Phi) is 14.8. The predicted octanol–water partition coefficient (Wildman–Crippen LogP) is 23.2. The molecule has 0 fully saturated rings. The van der Waals surface area contributed by atoms with Crippen molar-refractivity contribution in [1.29, 1.82) is 0 Å². The van der Waals surface area contributed by atoms with E-state index in [1.807, 2.05) is 36.9 Å². The van der Waals surface area contributed by atoms with Crippen LogP contribution in [0.2, 0.25) is 0 Å². The number of aromatic nitrogens is 6. The maximum Gasteiger partial charge on any atom is 0.159 e. The van der Waals surface area contributed by atoms with Crippen LogP contribution in [-0.2, 0) is 0 Å². The molecule has 0 unspecified atom stereocenters. The van der Waals surface area contributed by atoms with Crippen LogP contribution in [0.4, 0.5) is 0 Å². The van der Waals surface area contributed by atoms with Crippen molar-refractivity contribution in [2.45, 2.75) is 0 Å². The van der Waals surface area contributed by atoms with Gasteiger partial charge in [0, 0.05) is 70.6 Å². The van der Waals surface area contributed by atoms with E-state index in [2.05, 4.69) is 313 Å². The van der Waals surface area contributed by atoms with Crippen LogP contribution in [0.15, 0.2) is 353 Å². The van der Waals surface area contributed by atoms with Crippen molar-refractivity contribution >= 4 is 32.3 Å². The monoisotopic (exact) mass is 1220 g/mol. The molecule has 0 spiro atoms. The molecule has 0 radical (unpaired) electrons. The lowest BCUT2D eigenvalue weighted by Crippen LogP contribution is -1.96. The van der Waals surface area contributed by atoms with Crippen LogP contribution < -0.4 is 0 Å². The van der Waals surface area contributed by atoms with E-state index in [1.54, 1.807) is 12.4 Å². The summed E-state index contributed by atoms with van der Waals surface area (Å²) in [4.78, 5) is 29.7. The minimum Gasteiger partial charge on any atom is -0.264 e. The topological polar surface area (TPSA) is 77.3 Å². The zero-order chi connectivity index (χ0) is 63.7. The van der Waals surface area contributed by atoms with E-state index < -0.39 is 0 Å². The molecule has 17 aromatic rings. The van der Waals surface area contributed by atoms with Crippen LogP contribution >= 0.6 is 0 Å². The van der Waals surface area contributed by atoms with Gasteiger partial charge >= 0.3 is 0 Å². The lowest BCUT2D eigenvalue weighted by atomic mass is 9.90. The van der Waals surface area contributed by atoms with E-state index in [1.165, 1.54) is 43.4 Å². The van der Waals surface area contributed by atoms with Gasteiger partial charge in [0.2, 0.25) is 0 Å². The highest BCUT2D eigenvalue weighted by Gasteiger charge is 2.19. The Bertz CT molecular complexity index is 5710. The fraction of sp³-hybridized carbons (Fsp3) is 0. The van der Waals surface area contributed by atoms with Gasteiger partial charge in [-0.15, -0.1) is 0 Å². The number of benzene rings is 13. The molecule has 0 saturated heterocycles. The van der Waals surface area contributed by atoms with Crippen LogP contribution in [0.25, 0.3) is 178 Å². The highest BCUT2D eigenvalue weighted by Crippen LogP contribution is 2.42. The third-order valence-electron chi connectivity index (χ3n) is 18.5. The van der Waals surface area contributed by atoms with E-state index in [-0.39, 0.29) is 0 Å². The van der Waals surface area contributed by atoms with Crippen LogP contribution in [-0.4, -0.2) is 29.9 Å². The van der Waals surface area contributed by atoms with Crippen LogP contribution in [0.3, 0.4) is 0 Å². The quantitative estimate of drug-likeness (QED) is 0.114. The highest BCUT2D eigenvalue weighted by atomic mass is 14.9. The molecule has 6 heteroatoms. The SMILES string of the molecule is c1cncc(-c2ccc(-c3nc(-c4ccc(-c5ccc(-c6cccc(-c7cccc(-c8cnc(-c9ccc(-c%10cccc%11ccccc%10%11)cc9)nc8-c8ccc(-c9cccnc9)cc8)c7)c6)c6ccccc56)cc4)ncc3-c3ccc(-c4cccc5ccccc45)cc3)cc2)c1. The average Bonchev–Trinajstić information content (AvgIpc) is 0.809. The first-order chi connectivity index (χ1) is 47.6. The normalized spacial score (nSPS) is 11.3. The second-order valence-electron chi connectivity index (χ2n) is 24.2. The van der Waals surface area contributed by atoms with Gasteiger partial charge in [-0.25, -0.2) is 19.9 Å². The molecule has 0 aliphatic carbocycles. The van der Waals surface area contributed by atoms with E-state index >= 15 is 0 Å². The van der Waals surface area contributed by atoms with Gasteiger partial charge in [0.25, 0.3) is 0 Å². The Morgan fingerprint density at radius 2 is 0.490 bits per heavy atom. The number of fused-ring (bicyclic) bond motifs is 3. The Morgan fingerprint density at radius 3 is 0.927 bits per heavy atom. The minimum atomic E-state index is 0.656. The maximum atomic E-state index is 5.40. The van der Waals surface area contributed by atoms with Gasteiger partial charge < -0.3 is 0 Å². The smallest absolute Gasteiger partial charge is 0.159 e. The summed E-state index contributed by atoms with van der Waals surface area (Å²) in [6, 6.07) is 112. The molecule has 4 heterocycles. The van der Waals surface area contributed by atoms with Crippen molar-refractivity contribution in [1.82, 2.24) is 29.9 Å². The van der Waals surface area contributed by atoms with Gasteiger partial charge in [0.1, 0.15) is 0 Å². The summed E-state index contributed by atoms with van der Waals surface area (Å²) in [6.45, 7) is 0. The van der Waals surface area contributed by atoms with E-state index in [0.717, 1.165) is 123 Å². The Labute approximate surface area is 557 Å². The van der Waals surface area contributed by atoms with Crippen molar-refractivity contribution in [3.05, 3.63) is 353 Å². The summed E-state index contributed by atoms with van der Waals surface area (Å²) in [5, 5.41) is 7.24. The molecule has 6 nitrogen and oxygen atoms in total. The maximum absolute atomic E-state index is 5.40. The molecule has 0 aliphatic rings. The summed E-state index contributed by atoms with van der Waals surface area (Å²) in [6.07, 6.45) is 11.4. The lowest BCUT2D eigenvalue weighted by molar-refractivity contribution is 1.18. The van der Waals surface area contributed by atoms with Gasteiger partial charge in [-0.1, -0.05) is 291 Å². The van der Waals surface area contributed by atoms with Crippen molar-refractivity contribution in [2.24, 2.45) is 0 Å². The molecule has 0 amide bonds. The third kappa shape index (κ3) is 11.0. The zero-order valence-corrected chi connectivity index (χ0v) is 52.2. The van der Waals surface area contributed by atoms with Crippen molar-refractivity contribution in [2.75, 3.05) is 0 Å². The second kappa shape index (κ2) is 25.0. The Morgan fingerprint density at radius 1 is 0.177 bits per heavy atom. The van der Waals surface area contributed by atoms with Crippen molar-refractivity contribution in [3.8, 4) is 145 Å². The first-order valence-electron chi connectivity index (χ1n) is 32.3. The van der Waals surface area contributed by atoms with Gasteiger partial charge in [0.05, 0.1) is 11.4 Å². The lowest BCUT2D eigenvalue weighted by Gasteiger charge is -2.15. The van der Waals surface area contributed by atoms with Gasteiger partial charge in [0.15, 0.2) is 11.6 Å². The van der Waals surface area contributed by atoms with Crippen molar-refractivity contribution in [3.63, 3.8) is 0 Å². The summed E-state index contributed by atoms with van der Waals surface area (Å²) >= 11 is 0. The van der Waals surface area contributed by atoms with Gasteiger partial charge in [-0.3, -0.25) is 9.97 Å². The Hall–Kier alpha value is -12.9. The molecule has 0 N–H and O–H groups in total. The largest absolute Gasteiger partial charge is 0.264 e. The highest BCUT2D eigenvalue weighted by molar-refractivity contribution is 6.06. The van der Waals surface area contributed by atoms with Gasteiger partial charge in [-0.2, -0.15) is 0 Å². The molecule has 0 atom stereocenters. The Balaban J connectivity index is 0.674. The first-order valence-corrected chi connectivity index (χ1v) is 32.3.